The van der Waals surface area contributed by atoms with Crippen molar-refractivity contribution in [3.05, 3.63) is 193 Å². The average molecular weight is 864 g/mol. The largest absolute Gasteiger partial charge is 0.507 e. The Hall–Kier alpha value is -7.04. The van der Waals surface area contributed by atoms with Gasteiger partial charge in [0.25, 0.3) is 0 Å². The smallest absolute Gasteiger partial charge is 0.149 e. The number of hydrogen-bond donors (Lipinski definition) is 1. The van der Waals surface area contributed by atoms with E-state index in [2.05, 4.69) is 149 Å². The molecule has 9 aromatic rings. The molecule has 10 rings (SSSR count). The summed E-state index contributed by atoms with van der Waals surface area (Å²) in [4.78, 5) is 10.6. The molecular weight excluding hydrogens is 803 g/mol. The van der Waals surface area contributed by atoms with Gasteiger partial charge in [-0.3, -0.25) is 9.55 Å². The summed E-state index contributed by atoms with van der Waals surface area (Å²) in [6, 6.07) is 58.7. The number of phenolic OH excluding ortho intramolecular Hbond substituents is 1. The number of hydrogen-bond acceptors (Lipinski definition) is 3. The molecule has 0 radical (unpaired) electrons. The van der Waals surface area contributed by atoms with Crippen LogP contribution in [0.25, 0.3) is 83.9 Å². The molecule has 0 saturated heterocycles. The van der Waals surface area contributed by atoms with E-state index in [1.165, 1.54) is 11.1 Å². The Labute approximate surface area is 393 Å². The maximum Gasteiger partial charge on any atom is 0.149 e. The van der Waals surface area contributed by atoms with Gasteiger partial charge in [0.15, 0.2) is 0 Å². The van der Waals surface area contributed by atoms with Gasteiger partial charge in [0.2, 0.25) is 0 Å². The summed E-state index contributed by atoms with van der Waals surface area (Å²) < 4.78 is 20.2. The zero-order valence-corrected chi connectivity index (χ0v) is 38.9. The Bertz CT molecular complexity index is 3280. The number of rotatable bonds is 9. The van der Waals surface area contributed by atoms with E-state index in [9.17, 15) is 5.11 Å². The van der Waals surface area contributed by atoms with E-state index < -0.39 is 6.37 Å². The zero-order valence-electron chi connectivity index (χ0n) is 40.9. The van der Waals surface area contributed by atoms with Crippen LogP contribution in [0.2, 0.25) is 0 Å². The van der Waals surface area contributed by atoms with Crippen LogP contribution >= 0.6 is 0 Å². The molecule has 2 heterocycles. The van der Waals surface area contributed by atoms with Crippen LogP contribution in [0.4, 0.5) is 0 Å². The minimum atomic E-state index is -1.34. The highest BCUT2D eigenvalue weighted by molar-refractivity contribution is 5.98. The molecule has 4 nitrogen and oxygen atoms in total. The Kier molecular flexibility index (Phi) is 10.7. The minimum Gasteiger partial charge on any atom is -0.507 e. The number of nitrogens with zero attached hydrogens (tertiary/aromatic N) is 3. The highest BCUT2D eigenvalue weighted by Gasteiger charge is 2.26. The highest BCUT2D eigenvalue weighted by atomic mass is 16.3. The molecule has 0 spiro atoms. The number of imidazole rings is 1. The second-order valence-electron chi connectivity index (χ2n) is 20.0. The number of phenols is 1. The van der Waals surface area contributed by atoms with Gasteiger partial charge in [-0.15, -0.1) is 0 Å². The number of pyridine rings is 1. The van der Waals surface area contributed by atoms with Crippen molar-refractivity contribution in [3.63, 3.8) is 0 Å². The topological polar surface area (TPSA) is 50.9 Å². The molecule has 1 saturated carbocycles. The lowest BCUT2D eigenvalue weighted by atomic mass is 9.83. The molecule has 0 amide bonds. The lowest BCUT2D eigenvalue weighted by molar-refractivity contribution is 0.479. The summed E-state index contributed by atoms with van der Waals surface area (Å²) in [5.41, 5.74) is 16.0. The van der Waals surface area contributed by atoms with Crippen molar-refractivity contribution in [2.24, 2.45) is 5.92 Å². The van der Waals surface area contributed by atoms with Crippen LogP contribution in [0.15, 0.2) is 176 Å². The van der Waals surface area contributed by atoms with Gasteiger partial charge < -0.3 is 5.11 Å². The van der Waals surface area contributed by atoms with E-state index in [1.54, 1.807) is 0 Å². The Morgan fingerprint density at radius 3 is 1.88 bits per heavy atom. The molecule has 0 bridgehead atoms. The van der Waals surface area contributed by atoms with Crippen LogP contribution in [0.1, 0.15) is 86.7 Å². The molecule has 7 aromatic carbocycles. The van der Waals surface area contributed by atoms with Crippen molar-refractivity contribution < 1.29 is 7.85 Å². The van der Waals surface area contributed by atoms with Crippen LogP contribution in [0.5, 0.6) is 5.75 Å². The van der Waals surface area contributed by atoms with E-state index in [0.717, 1.165) is 104 Å². The van der Waals surface area contributed by atoms with E-state index >= 15 is 0 Å². The third-order valence-electron chi connectivity index (χ3n) is 13.3. The van der Waals surface area contributed by atoms with Gasteiger partial charge in [0.05, 0.1) is 28.0 Å². The fraction of sp³-hybridized carbons (Fsp3) is 0.226. The van der Waals surface area contributed by atoms with Gasteiger partial charge in [0, 0.05) is 31.2 Å². The van der Waals surface area contributed by atoms with Crippen LogP contribution in [-0.2, 0) is 17.2 Å². The molecule has 0 aliphatic heterocycles. The number of aromatic nitrogens is 3. The fourth-order valence-electron chi connectivity index (χ4n) is 9.57. The Morgan fingerprint density at radius 2 is 1.18 bits per heavy atom. The monoisotopic (exact) mass is 863 g/mol. The molecule has 66 heavy (non-hydrogen) atoms. The molecule has 1 N–H and O–H groups in total. The van der Waals surface area contributed by atoms with E-state index in [-0.39, 0.29) is 22.5 Å². The summed E-state index contributed by atoms with van der Waals surface area (Å²) in [5, 5.41) is 12.3. The standard InChI is InChI=1S/C62H59N3O/c1-61(2,3)49-31-32-56(54(40-49)45-21-11-8-12-22-45)65-57-26-16-23-51(58(57)64-60(65)53-25-15-24-52(59(53)66)44-19-9-7-10-20-44)47-36-48(38-50(37-47)62(4,5)6)55-39-46(33-34-63-55)43-29-27-42(28-30-43)35-41-17-13-14-18-41/h7-12,15-16,19-34,36-41,66H,13-14,17-18,35H2,1-6H3/i35D2. The third kappa shape index (κ3) is 8.49. The summed E-state index contributed by atoms with van der Waals surface area (Å²) in [6.45, 7) is 13.5. The molecule has 328 valence electrons. The van der Waals surface area contributed by atoms with E-state index in [1.807, 2.05) is 72.9 Å². The van der Waals surface area contributed by atoms with Gasteiger partial charge in [-0.25, -0.2) is 4.98 Å². The van der Waals surface area contributed by atoms with Gasteiger partial charge >= 0.3 is 0 Å². The quantitative estimate of drug-likeness (QED) is 0.157. The van der Waals surface area contributed by atoms with E-state index in [0.29, 0.717) is 11.4 Å². The Morgan fingerprint density at radius 1 is 0.545 bits per heavy atom. The summed E-state index contributed by atoms with van der Waals surface area (Å²) in [7, 11) is 0. The molecule has 1 aliphatic carbocycles. The van der Waals surface area contributed by atoms with Crippen molar-refractivity contribution in [2.45, 2.75) is 84.4 Å². The van der Waals surface area contributed by atoms with Crippen molar-refractivity contribution in [3.8, 4) is 78.6 Å². The van der Waals surface area contributed by atoms with Crippen LogP contribution in [0.3, 0.4) is 0 Å². The first-order valence-corrected chi connectivity index (χ1v) is 23.5. The first kappa shape index (κ1) is 40.5. The SMILES string of the molecule is [2H]C([2H])(c1ccc(-c2ccnc(-c3cc(-c4cccc5c4nc(-c4cccc(-c6ccccc6)c4O)n5-c4ccc(C(C)(C)C)cc4-c4ccccc4)cc(C(C)(C)C)c3)c2)cc1)C1CCCC1. The molecule has 4 heteroatoms. The second kappa shape index (κ2) is 17.4. The maximum absolute atomic E-state index is 12.3. The van der Waals surface area contributed by atoms with E-state index in [4.69, 9.17) is 12.7 Å². The lowest BCUT2D eigenvalue weighted by Gasteiger charge is -2.23. The van der Waals surface area contributed by atoms with Crippen molar-refractivity contribution in [1.29, 1.82) is 0 Å². The summed E-state index contributed by atoms with van der Waals surface area (Å²) in [6.07, 6.45) is 4.64. The van der Waals surface area contributed by atoms with Gasteiger partial charge in [0.1, 0.15) is 11.6 Å². The van der Waals surface area contributed by atoms with Crippen LogP contribution in [-0.4, -0.2) is 19.6 Å². The van der Waals surface area contributed by atoms with Crippen LogP contribution in [0, 0.1) is 5.92 Å². The molecule has 2 aromatic heterocycles. The van der Waals surface area contributed by atoms with Crippen molar-refractivity contribution >= 4 is 11.0 Å². The highest BCUT2D eigenvalue weighted by Crippen LogP contribution is 2.44. The molecule has 1 fully saturated rings. The molecule has 0 unspecified atom stereocenters. The second-order valence-corrected chi connectivity index (χ2v) is 20.0. The predicted octanol–water partition coefficient (Wildman–Crippen LogP) is 16.5. The zero-order chi connectivity index (χ0) is 47.4. The molecule has 0 atom stereocenters. The normalized spacial score (nSPS) is 14.1. The van der Waals surface area contributed by atoms with Gasteiger partial charge in [-0.05, 0) is 116 Å². The number of aromatic hydroxyl groups is 1. The molecular formula is C62H59N3O. The van der Waals surface area contributed by atoms with Gasteiger partial charge in [-0.2, -0.15) is 0 Å². The predicted molar refractivity (Wildman–Crippen MR) is 276 cm³/mol. The lowest BCUT2D eigenvalue weighted by Crippen LogP contribution is -2.12. The average Bonchev–Trinajstić information content (AvgIpc) is 4.04. The van der Waals surface area contributed by atoms with Crippen LogP contribution < -0.4 is 0 Å². The van der Waals surface area contributed by atoms with Crippen molar-refractivity contribution in [1.82, 2.24) is 14.5 Å². The molecule has 1 aliphatic rings. The van der Waals surface area contributed by atoms with Gasteiger partial charge in [-0.1, -0.05) is 189 Å². The number of benzene rings is 7. The Balaban J connectivity index is 1.16. The first-order chi connectivity index (χ1) is 32.6. The fourth-order valence-corrected chi connectivity index (χ4v) is 9.57. The third-order valence-corrected chi connectivity index (χ3v) is 13.3. The minimum absolute atomic E-state index is 0.0705. The number of para-hydroxylation sites is 2. The number of fused-ring (bicyclic) bond motifs is 1. The first-order valence-electron chi connectivity index (χ1n) is 24.5. The summed E-state index contributed by atoms with van der Waals surface area (Å²) in [5.74, 6) is 0.892. The maximum atomic E-state index is 12.3. The van der Waals surface area contributed by atoms with Crippen molar-refractivity contribution in [2.75, 3.05) is 0 Å². The summed E-state index contributed by atoms with van der Waals surface area (Å²) >= 11 is 0.